The number of aliphatic carboxylic acids is 2. The molecule has 0 bridgehead atoms. The Morgan fingerprint density at radius 1 is 1.07 bits per heavy atom. The number of likely N-dealkylation sites (N-methyl/N-ethyl adjacent to an activating group) is 1. The second-order valence-electron chi connectivity index (χ2n) is 2.36. The zero-order valence-electron chi connectivity index (χ0n) is 8.43. The molecule has 3 N–H and O–H groups in total. The van der Waals surface area contributed by atoms with E-state index in [1.807, 2.05) is 0 Å². The molecule has 6 nitrogen and oxygen atoms in total. The maximum atomic E-state index is 9.10. The summed E-state index contributed by atoms with van der Waals surface area (Å²) >= 11 is 0. The van der Waals surface area contributed by atoms with Gasteiger partial charge in [0.2, 0.25) is 0 Å². The second-order valence-corrected chi connectivity index (χ2v) is 2.36. The molecule has 0 amide bonds. The van der Waals surface area contributed by atoms with Gasteiger partial charge in [0.15, 0.2) is 0 Å². The van der Waals surface area contributed by atoms with Crippen molar-refractivity contribution in [2.45, 2.75) is 13.8 Å². The summed E-state index contributed by atoms with van der Waals surface area (Å²) in [5.41, 5.74) is 0. The van der Waals surface area contributed by atoms with E-state index in [1.165, 1.54) is 0 Å². The Labute approximate surface area is 82.8 Å². The highest BCUT2D eigenvalue weighted by Gasteiger charge is 2.04. The van der Waals surface area contributed by atoms with Gasteiger partial charge in [-0.15, -0.1) is 0 Å². The van der Waals surface area contributed by atoms with Gasteiger partial charge < -0.3 is 20.2 Å². The molecule has 6 heteroatoms. The van der Waals surface area contributed by atoms with Gasteiger partial charge in [0.1, 0.15) is 0 Å². The summed E-state index contributed by atoms with van der Waals surface area (Å²) in [7, 11) is 0. The molecule has 0 unspecified atom stereocenters. The van der Waals surface area contributed by atoms with Crippen LogP contribution >= 0.6 is 0 Å². The predicted octanol–water partition coefficient (Wildman–Crippen LogP) is -0.524. The number of carbonyl (C=O) groups is 2. The SMILES string of the molecule is CCN(CC)CCO.O=C(O)C(=O)O. The number of aliphatic hydroxyl groups excluding tert-OH is 1. The third-order valence-electron chi connectivity index (χ3n) is 1.49. The first-order valence-electron chi connectivity index (χ1n) is 4.28. The molecular formula is C8H17NO5. The summed E-state index contributed by atoms with van der Waals surface area (Å²) in [4.78, 5) is 20.4. The van der Waals surface area contributed by atoms with Crippen LogP contribution < -0.4 is 0 Å². The number of rotatable bonds is 4. The topological polar surface area (TPSA) is 98.1 Å². The molecule has 0 aliphatic carbocycles. The van der Waals surface area contributed by atoms with Gasteiger partial charge in [-0.05, 0) is 13.1 Å². The standard InChI is InChI=1S/C6H15NO.C2H2O4/c1-3-7(4-2)5-6-8;3-1(4)2(5)6/h8H,3-6H2,1-2H3;(H,3,4)(H,5,6). The fourth-order valence-electron chi connectivity index (χ4n) is 0.681. The average Bonchev–Trinajstić information content (AvgIpc) is 2.15. The molecule has 0 rings (SSSR count). The van der Waals surface area contributed by atoms with Crippen molar-refractivity contribution in [1.29, 1.82) is 0 Å². The Morgan fingerprint density at radius 2 is 1.43 bits per heavy atom. The first-order chi connectivity index (χ1) is 6.49. The van der Waals surface area contributed by atoms with E-state index < -0.39 is 11.9 Å². The minimum absolute atomic E-state index is 0.279. The molecular weight excluding hydrogens is 190 g/mol. The van der Waals surface area contributed by atoms with E-state index in [-0.39, 0.29) is 6.61 Å². The summed E-state index contributed by atoms with van der Waals surface area (Å²) in [6.45, 7) is 7.36. The summed E-state index contributed by atoms with van der Waals surface area (Å²) in [5.74, 6) is -3.65. The predicted molar refractivity (Wildman–Crippen MR) is 50.1 cm³/mol. The quantitative estimate of drug-likeness (QED) is 0.536. The smallest absolute Gasteiger partial charge is 0.414 e. The molecule has 0 saturated carbocycles. The van der Waals surface area contributed by atoms with E-state index in [1.54, 1.807) is 0 Å². The summed E-state index contributed by atoms with van der Waals surface area (Å²) in [6.07, 6.45) is 0. The molecule has 0 fully saturated rings. The zero-order valence-corrected chi connectivity index (χ0v) is 8.43. The largest absolute Gasteiger partial charge is 0.473 e. The molecule has 14 heavy (non-hydrogen) atoms. The van der Waals surface area contributed by atoms with Crippen molar-refractivity contribution < 1.29 is 24.9 Å². The zero-order chi connectivity index (χ0) is 11.6. The van der Waals surface area contributed by atoms with Crippen molar-refractivity contribution in [3.8, 4) is 0 Å². The van der Waals surface area contributed by atoms with Crippen LogP contribution in [0.15, 0.2) is 0 Å². The Hall–Kier alpha value is -1.14. The van der Waals surface area contributed by atoms with Crippen LogP contribution in [-0.4, -0.2) is 58.4 Å². The second kappa shape index (κ2) is 9.94. The van der Waals surface area contributed by atoms with Gasteiger partial charge in [0.25, 0.3) is 0 Å². The lowest BCUT2D eigenvalue weighted by Crippen LogP contribution is -2.25. The molecule has 0 aliphatic heterocycles. The molecule has 0 atom stereocenters. The molecule has 84 valence electrons. The molecule has 0 heterocycles. The van der Waals surface area contributed by atoms with Crippen LogP contribution in [0, 0.1) is 0 Å². The minimum atomic E-state index is -1.82. The highest BCUT2D eigenvalue weighted by atomic mass is 16.4. The first-order valence-corrected chi connectivity index (χ1v) is 4.28. The maximum Gasteiger partial charge on any atom is 0.414 e. The number of hydrogen-bond donors (Lipinski definition) is 3. The highest BCUT2D eigenvalue weighted by molar-refractivity contribution is 6.27. The van der Waals surface area contributed by atoms with E-state index in [0.717, 1.165) is 19.6 Å². The molecule has 0 saturated heterocycles. The van der Waals surface area contributed by atoms with Gasteiger partial charge in [-0.1, -0.05) is 13.8 Å². The summed E-state index contributed by atoms with van der Waals surface area (Å²) in [5, 5.41) is 23.2. The van der Waals surface area contributed by atoms with Crippen LogP contribution in [0.4, 0.5) is 0 Å². The van der Waals surface area contributed by atoms with E-state index in [4.69, 9.17) is 24.9 Å². The van der Waals surface area contributed by atoms with Crippen LogP contribution in [0.25, 0.3) is 0 Å². The number of hydrogen-bond acceptors (Lipinski definition) is 4. The minimum Gasteiger partial charge on any atom is -0.473 e. The summed E-state index contributed by atoms with van der Waals surface area (Å²) in [6, 6.07) is 0. The van der Waals surface area contributed by atoms with Crippen molar-refractivity contribution in [2.24, 2.45) is 0 Å². The molecule has 0 aromatic carbocycles. The third kappa shape index (κ3) is 10.9. The Balaban J connectivity index is 0. The Kier molecular flexibility index (Phi) is 10.9. The van der Waals surface area contributed by atoms with Gasteiger partial charge in [-0.2, -0.15) is 0 Å². The van der Waals surface area contributed by atoms with Crippen molar-refractivity contribution in [2.75, 3.05) is 26.2 Å². The van der Waals surface area contributed by atoms with Gasteiger partial charge >= 0.3 is 11.9 Å². The van der Waals surface area contributed by atoms with Crippen LogP contribution in [0.3, 0.4) is 0 Å². The fourth-order valence-corrected chi connectivity index (χ4v) is 0.681. The van der Waals surface area contributed by atoms with E-state index in [9.17, 15) is 0 Å². The van der Waals surface area contributed by atoms with Gasteiger partial charge in [0, 0.05) is 6.54 Å². The van der Waals surface area contributed by atoms with Crippen molar-refractivity contribution in [3.63, 3.8) is 0 Å². The monoisotopic (exact) mass is 207 g/mol. The highest BCUT2D eigenvalue weighted by Crippen LogP contribution is 1.82. The third-order valence-corrected chi connectivity index (χ3v) is 1.49. The van der Waals surface area contributed by atoms with Crippen molar-refractivity contribution in [1.82, 2.24) is 4.90 Å². The molecule has 0 aromatic rings. The number of nitrogens with zero attached hydrogens (tertiary/aromatic N) is 1. The van der Waals surface area contributed by atoms with Crippen LogP contribution in [0.2, 0.25) is 0 Å². The normalized spacial score (nSPS) is 9.14. The van der Waals surface area contributed by atoms with E-state index >= 15 is 0 Å². The first kappa shape index (κ1) is 15.3. The number of carboxylic acids is 2. The fraction of sp³-hybridized carbons (Fsp3) is 0.750. The average molecular weight is 207 g/mol. The Bertz CT molecular complexity index is 155. The lowest BCUT2D eigenvalue weighted by Gasteiger charge is -2.15. The maximum absolute atomic E-state index is 9.10. The number of carboxylic acid groups (broad SMARTS) is 2. The van der Waals surface area contributed by atoms with Crippen molar-refractivity contribution in [3.05, 3.63) is 0 Å². The number of aliphatic hydroxyl groups is 1. The summed E-state index contributed by atoms with van der Waals surface area (Å²) < 4.78 is 0. The molecule has 0 spiro atoms. The molecule has 0 radical (unpaired) electrons. The molecule has 0 aromatic heterocycles. The lowest BCUT2D eigenvalue weighted by atomic mass is 10.5. The lowest BCUT2D eigenvalue weighted by molar-refractivity contribution is -0.159. The van der Waals surface area contributed by atoms with Gasteiger partial charge in [-0.3, -0.25) is 0 Å². The van der Waals surface area contributed by atoms with E-state index in [2.05, 4.69) is 18.7 Å². The van der Waals surface area contributed by atoms with Crippen LogP contribution in [0.1, 0.15) is 13.8 Å². The molecule has 0 aliphatic rings. The van der Waals surface area contributed by atoms with Crippen LogP contribution in [-0.2, 0) is 9.59 Å². The van der Waals surface area contributed by atoms with Crippen LogP contribution in [0.5, 0.6) is 0 Å². The van der Waals surface area contributed by atoms with E-state index in [0.29, 0.717) is 0 Å². The van der Waals surface area contributed by atoms with Gasteiger partial charge in [-0.25, -0.2) is 9.59 Å². The van der Waals surface area contributed by atoms with Gasteiger partial charge in [0.05, 0.1) is 6.61 Å². The van der Waals surface area contributed by atoms with Crippen molar-refractivity contribution >= 4 is 11.9 Å². The Morgan fingerprint density at radius 3 is 1.50 bits per heavy atom.